The van der Waals surface area contributed by atoms with Crippen molar-refractivity contribution < 1.29 is 4.74 Å². The zero-order chi connectivity index (χ0) is 14.2. The molecule has 0 spiro atoms. The highest BCUT2D eigenvalue weighted by molar-refractivity contribution is 5.93. The minimum atomic E-state index is 0.393. The average molecular weight is 279 g/mol. The maximum Gasteiger partial charge on any atom is 0.318 e. The molecule has 4 aromatic rings. The van der Waals surface area contributed by atoms with Crippen LogP contribution in [0.25, 0.3) is 27.7 Å². The number of aromatic amines is 1. The lowest BCUT2D eigenvalue weighted by molar-refractivity contribution is 0.314. The van der Waals surface area contributed by atoms with E-state index in [-0.39, 0.29) is 0 Å². The summed E-state index contributed by atoms with van der Waals surface area (Å²) >= 11 is 0. The molecule has 0 aliphatic rings. The number of pyridine rings is 1. The molecule has 0 radical (unpaired) electrons. The molecule has 0 aliphatic carbocycles. The minimum Gasteiger partial charge on any atom is -0.464 e. The van der Waals surface area contributed by atoms with E-state index < -0.39 is 0 Å². The third-order valence-corrected chi connectivity index (χ3v) is 3.39. The molecule has 0 fully saturated rings. The van der Waals surface area contributed by atoms with Crippen LogP contribution in [-0.2, 0) is 0 Å². The van der Waals surface area contributed by atoms with Gasteiger partial charge in [-0.3, -0.25) is 0 Å². The van der Waals surface area contributed by atoms with Gasteiger partial charge in [-0.05, 0) is 30.7 Å². The molecule has 0 unspecified atom stereocenters. The fraction of sp³-hybridized carbons (Fsp3) is 0.133. The van der Waals surface area contributed by atoms with Gasteiger partial charge in [-0.1, -0.05) is 0 Å². The monoisotopic (exact) mass is 279 g/mol. The number of H-pyrrole nitrogens is 1. The molecule has 6 nitrogen and oxygen atoms in total. The van der Waals surface area contributed by atoms with Crippen LogP contribution in [0.4, 0.5) is 0 Å². The number of fused-ring (bicyclic) bond motifs is 2. The Hall–Kier alpha value is -2.89. The summed E-state index contributed by atoms with van der Waals surface area (Å²) < 4.78 is 7.16. The Morgan fingerprint density at radius 2 is 2.29 bits per heavy atom. The highest BCUT2D eigenvalue weighted by Gasteiger charge is 2.10. The number of hydrogen-bond acceptors (Lipinski definition) is 4. The molecule has 104 valence electrons. The molecule has 0 aromatic carbocycles. The van der Waals surface area contributed by atoms with E-state index in [0.717, 1.165) is 27.7 Å². The Balaban J connectivity index is 1.85. The van der Waals surface area contributed by atoms with Gasteiger partial charge in [-0.2, -0.15) is 10.1 Å². The first-order valence-electron chi connectivity index (χ1n) is 6.76. The molecular weight excluding hydrogens is 266 g/mol. The second-order valence-electron chi connectivity index (χ2n) is 4.67. The molecule has 1 N–H and O–H groups in total. The SMILES string of the molecule is CCOc1ncc2c(-c3ccn4nccc4c3)c[nH]c2n1. The molecule has 4 heterocycles. The van der Waals surface area contributed by atoms with Gasteiger partial charge in [0.1, 0.15) is 5.65 Å². The van der Waals surface area contributed by atoms with Crippen LogP contribution in [0.3, 0.4) is 0 Å². The molecule has 0 aliphatic heterocycles. The van der Waals surface area contributed by atoms with Gasteiger partial charge in [-0.15, -0.1) is 0 Å². The van der Waals surface area contributed by atoms with Gasteiger partial charge in [0.05, 0.1) is 12.1 Å². The predicted molar refractivity (Wildman–Crippen MR) is 79.2 cm³/mol. The molecule has 0 amide bonds. The van der Waals surface area contributed by atoms with E-state index in [1.54, 1.807) is 12.4 Å². The van der Waals surface area contributed by atoms with Crippen molar-refractivity contribution in [1.82, 2.24) is 24.6 Å². The Labute approximate surface area is 120 Å². The molecule has 21 heavy (non-hydrogen) atoms. The molecule has 4 rings (SSSR count). The van der Waals surface area contributed by atoms with Gasteiger partial charge >= 0.3 is 6.01 Å². The van der Waals surface area contributed by atoms with Crippen molar-refractivity contribution >= 4 is 16.6 Å². The van der Waals surface area contributed by atoms with Crippen molar-refractivity contribution in [3.05, 3.63) is 43.0 Å². The van der Waals surface area contributed by atoms with Gasteiger partial charge in [0.2, 0.25) is 0 Å². The lowest BCUT2D eigenvalue weighted by atomic mass is 10.1. The third-order valence-electron chi connectivity index (χ3n) is 3.39. The fourth-order valence-corrected chi connectivity index (χ4v) is 2.42. The summed E-state index contributed by atoms with van der Waals surface area (Å²) in [5, 5.41) is 5.18. The number of aromatic nitrogens is 5. The Bertz CT molecular complexity index is 924. The summed E-state index contributed by atoms with van der Waals surface area (Å²) in [6.45, 7) is 2.46. The van der Waals surface area contributed by atoms with Gasteiger partial charge in [-0.25, -0.2) is 9.50 Å². The maximum atomic E-state index is 5.32. The summed E-state index contributed by atoms with van der Waals surface area (Å²) in [5.41, 5.74) is 3.99. The predicted octanol–water partition coefficient (Wildman–Crippen LogP) is 2.67. The van der Waals surface area contributed by atoms with Crippen LogP contribution in [0, 0.1) is 0 Å². The van der Waals surface area contributed by atoms with Crippen molar-refractivity contribution in [3.63, 3.8) is 0 Å². The molecule has 4 aromatic heterocycles. The second kappa shape index (κ2) is 4.59. The first-order valence-corrected chi connectivity index (χ1v) is 6.76. The van der Waals surface area contributed by atoms with E-state index in [0.29, 0.717) is 12.6 Å². The average Bonchev–Trinajstić information content (AvgIpc) is 3.12. The number of nitrogens with zero attached hydrogens (tertiary/aromatic N) is 4. The Kier molecular flexibility index (Phi) is 2.60. The highest BCUT2D eigenvalue weighted by atomic mass is 16.5. The Morgan fingerprint density at radius 3 is 3.19 bits per heavy atom. The number of rotatable bonds is 3. The van der Waals surface area contributed by atoms with E-state index in [2.05, 4.69) is 26.1 Å². The number of hydrogen-bond donors (Lipinski definition) is 1. The molecule has 6 heteroatoms. The lowest BCUT2D eigenvalue weighted by Gasteiger charge is -2.02. The number of nitrogens with one attached hydrogen (secondary N) is 1. The van der Waals surface area contributed by atoms with Crippen molar-refractivity contribution in [2.75, 3.05) is 6.61 Å². The standard InChI is InChI=1S/C15H13N5O/c1-2-21-15-17-9-13-12(8-16-14(13)19-15)10-4-6-20-11(7-10)3-5-18-20/h3-9H,2H2,1H3,(H,16,17,19). The van der Waals surface area contributed by atoms with Crippen LogP contribution in [0.1, 0.15) is 6.92 Å². The van der Waals surface area contributed by atoms with E-state index in [9.17, 15) is 0 Å². The molecule has 0 saturated heterocycles. The van der Waals surface area contributed by atoms with Gasteiger partial charge in [0.25, 0.3) is 0 Å². The maximum absolute atomic E-state index is 5.32. The smallest absolute Gasteiger partial charge is 0.318 e. The van der Waals surface area contributed by atoms with Crippen molar-refractivity contribution in [2.45, 2.75) is 6.92 Å². The summed E-state index contributed by atoms with van der Waals surface area (Å²) in [6.07, 6.45) is 7.46. The Morgan fingerprint density at radius 1 is 1.33 bits per heavy atom. The molecular formula is C15H13N5O. The quantitative estimate of drug-likeness (QED) is 0.626. The van der Waals surface area contributed by atoms with Crippen molar-refractivity contribution in [1.29, 1.82) is 0 Å². The minimum absolute atomic E-state index is 0.393. The van der Waals surface area contributed by atoms with Crippen molar-refractivity contribution in [2.24, 2.45) is 0 Å². The fourth-order valence-electron chi connectivity index (χ4n) is 2.42. The van der Waals surface area contributed by atoms with Gasteiger partial charge < -0.3 is 9.72 Å². The van der Waals surface area contributed by atoms with Crippen LogP contribution < -0.4 is 4.74 Å². The normalized spacial score (nSPS) is 11.3. The summed E-state index contributed by atoms with van der Waals surface area (Å²) in [6, 6.07) is 6.48. The van der Waals surface area contributed by atoms with Gasteiger partial charge in [0, 0.05) is 35.7 Å². The summed E-state index contributed by atoms with van der Waals surface area (Å²) in [7, 11) is 0. The van der Waals surface area contributed by atoms with Crippen LogP contribution in [-0.4, -0.2) is 31.2 Å². The zero-order valence-corrected chi connectivity index (χ0v) is 11.4. The molecule has 0 bridgehead atoms. The van der Waals surface area contributed by atoms with E-state index in [4.69, 9.17) is 4.74 Å². The molecule has 0 atom stereocenters. The van der Waals surface area contributed by atoms with Crippen molar-refractivity contribution in [3.8, 4) is 17.1 Å². The van der Waals surface area contributed by atoms with E-state index in [1.165, 1.54) is 0 Å². The van der Waals surface area contributed by atoms with Crippen LogP contribution in [0.5, 0.6) is 6.01 Å². The highest BCUT2D eigenvalue weighted by Crippen LogP contribution is 2.28. The number of ether oxygens (including phenoxy) is 1. The van der Waals surface area contributed by atoms with Gasteiger partial charge in [0.15, 0.2) is 0 Å². The summed E-state index contributed by atoms with van der Waals surface area (Å²) in [4.78, 5) is 11.8. The lowest BCUT2D eigenvalue weighted by Crippen LogP contribution is -1.96. The summed E-state index contributed by atoms with van der Waals surface area (Å²) in [5.74, 6) is 0. The third kappa shape index (κ3) is 1.92. The topological polar surface area (TPSA) is 68.1 Å². The van der Waals surface area contributed by atoms with E-state index in [1.807, 2.05) is 36.0 Å². The first-order chi connectivity index (χ1) is 10.3. The van der Waals surface area contributed by atoms with Crippen LogP contribution in [0.15, 0.2) is 43.0 Å². The van der Waals surface area contributed by atoms with Crippen LogP contribution >= 0.6 is 0 Å². The molecule has 0 saturated carbocycles. The zero-order valence-electron chi connectivity index (χ0n) is 11.4. The first kappa shape index (κ1) is 11.9. The van der Waals surface area contributed by atoms with E-state index >= 15 is 0 Å². The largest absolute Gasteiger partial charge is 0.464 e. The van der Waals surface area contributed by atoms with Crippen LogP contribution in [0.2, 0.25) is 0 Å². The second-order valence-corrected chi connectivity index (χ2v) is 4.67.